The third kappa shape index (κ3) is 4.03. The predicted octanol–water partition coefficient (Wildman–Crippen LogP) is 3.96. The number of halogens is 1. The van der Waals surface area contributed by atoms with Gasteiger partial charge in [0.2, 0.25) is 0 Å². The minimum absolute atomic E-state index is 0.0104. The molecule has 0 aliphatic carbocycles. The number of nitrogens with zero attached hydrogens (tertiary/aromatic N) is 2. The van der Waals surface area contributed by atoms with Gasteiger partial charge in [0.25, 0.3) is 5.91 Å². The number of aromatic amines is 1. The lowest BCUT2D eigenvalue weighted by atomic mass is 10.1. The number of carbonyl (C=O) groups excluding carboxylic acids is 1. The summed E-state index contributed by atoms with van der Waals surface area (Å²) < 4.78 is 13.4. The maximum Gasteiger partial charge on any atom is 0.270 e. The first-order valence-electron chi connectivity index (χ1n) is 9.44. The van der Waals surface area contributed by atoms with Crippen molar-refractivity contribution >= 4 is 16.8 Å². The summed E-state index contributed by atoms with van der Waals surface area (Å²) in [6.45, 7) is 6.29. The van der Waals surface area contributed by atoms with Crippen molar-refractivity contribution in [2.24, 2.45) is 0 Å². The molecule has 5 heteroatoms. The lowest BCUT2D eigenvalue weighted by Crippen LogP contribution is -2.35. The number of fused-ring (bicyclic) bond motifs is 1. The minimum Gasteiger partial charge on any atom is -0.351 e. The summed E-state index contributed by atoms with van der Waals surface area (Å²) in [4.78, 5) is 20.3. The van der Waals surface area contributed by atoms with Gasteiger partial charge in [0, 0.05) is 43.6 Å². The van der Waals surface area contributed by atoms with Crippen LogP contribution in [0.1, 0.15) is 28.0 Å². The molecule has 27 heavy (non-hydrogen) atoms. The Labute approximate surface area is 158 Å². The van der Waals surface area contributed by atoms with E-state index in [-0.39, 0.29) is 11.7 Å². The van der Waals surface area contributed by atoms with Crippen molar-refractivity contribution in [2.45, 2.75) is 19.9 Å². The van der Waals surface area contributed by atoms with Gasteiger partial charge in [-0.3, -0.25) is 9.69 Å². The molecule has 2 aromatic carbocycles. The second-order valence-corrected chi connectivity index (χ2v) is 7.32. The highest BCUT2D eigenvalue weighted by Gasteiger charge is 2.21. The van der Waals surface area contributed by atoms with Gasteiger partial charge < -0.3 is 9.88 Å². The van der Waals surface area contributed by atoms with Crippen LogP contribution in [0, 0.1) is 12.7 Å². The molecule has 3 aromatic rings. The van der Waals surface area contributed by atoms with Gasteiger partial charge in [-0.1, -0.05) is 29.8 Å². The number of amides is 1. The van der Waals surface area contributed by atoms with Crippen molar-refractivity contribution in [3.05, 3.63) is 71.2 Å². The van der Waals surface area contributed by atoms with E-state index in [4.69, 9.17) is 0 Å². The molecule has 0 saturated carbocycles. The monoisotopic (exact) mass is 365 g/mol. The van der Waals surface area contributed by atoms with Crippen molar-refractivity contribution in [3.8, 4) is 0 Å². The molecule has 1 amide bonds. The zero-order valence-electron chi connectivity index (χ0n) is 15.5. The molecule has 4 rings (SSSR count). The molecule has 2 heterocycles. The van der Waals surface area contributed by atoms with Gasteiger partial charge in [0.15, 0.2) is 0 Å². The van der Waals surface area contributed by atoms with Crippen LogP contribution in [0.25, 0.3) is 10.9 Å². The Kier molecular flexibility index (Phi) is 4.94. The average molecular weight is 365 g/mol. The second kappa shape index (κ2) is 7.53. The number of rotatable bonds is 3. The van der Waals surface area contributed by atoms with Gasteiger partial charge in [-0.25, -0.2) is 4.39 Å². The number of aryl methyl sites for hydroxylation is 1. The molecule has 0 unspecified atom stereocenters. The normalized spacial score (nSPS) is 15.9. The van der Waals surface area contributed by atoms with Gasteiger partial charge in [0.1, 0.15) is 11.5 Å². The molecule has 0 atom stereocenters. The van der Waals surface area contributed by atoms with Gasteiger partial charge in [-0.15, -0.1) is 0 Å². The first kappa shape index (κ1) is 17.7. The standard InChI is InChI=1S/C22H24FN3O/c1-16-3-5-17(6-4-16)15-25-9-2-10-26(12-11-25)22(27)21-14-18-13-19(23)7-8-20(18)24-21/h3-8,13-14,24H,2,9-12,15H2,1H3. The van der Waals surface area contributed by atoms with Gasteiger partial charge >= 0.3 is 0 Å². The van der Waals surface area contributed by atoms with Crippen LogP contribution in [0.15, 0.2) is 48.5 Å². The van der Waals surface area contributed by atoms with Crippen molar-refractivity contribution in [2.75, 3.05) is 26.2 Å². The van der Waals surface area contributed by atoms with Crippen LogP contribution in [0.2, 0.25) is 0 Å². The molecule has 1 saturated heterocycles. The fourth-order valence-electron chi connectivity index (χ4n) is 3.67. The fourth-order valence-corrected chi connectivity index (χ4v) is 3.67. The summed E-state index contributed by atoms with van der Waals surface area (Å²) in [6.07, 6.45) is 0.951. The first-order chi connectivity index (χ1) is 13.1. The van der Waals surface area contributed by atoms with Crippen LogP contribution in [0.4, 0.5) is 4.39 Å². The highest BCUT2D eigenvalue weighted by atomic mass is 19.1. The van der Waals surface area contributed by atoms with Crippen LogP contribution < -0.4 is 0 Å². The van der Waals surface area contributed by atoms with Crippen LogP contribution >= 0.6 is 0 Å². The predicted molar refractivity (Wildman–Crippen MR) is 105 cm³/mol. The zero-order valence-corrected chi connectivity index (χ0v) is 15.5. The molecule has 140 valence electrons. The molecule has 1 N–H and O–H groups in total. The maximum atomic E-state index is 13.4. The van der Waals surface area contributed by atoms with Crippen LogP contribution in [0.5, 0.6) is 0 Å². The van der Waals surface area contributed by atoms with Crippen LogP contribution in [0.3, 0.4) is 0 Å². The molecule has 1 aliphatic heterocycles. The molecular formula is C22H24FN3O. The number of carbonyl (C=O) groups is 1. The van der Waals surface area contributed by atoms with E-state index < -0.39 is 0 Å². The topological polar surface area (TPSA) is 39.3 Å². The minimum atomic E-state index is -0.290. The molecule has 4 nitrogen and oxygen atoms in total. The highest BCUT2D eigenvalue weighted by Crippen LogP contribution is 2.19. The molecule has 0 bridgehead atoms. The molecule has 1 aromatic heterocycles. The largest absolute Gasteiger partial charge is 0.351 e. The lowest BCUT2D eigenvalue weighted by Gasteiger charge is -2.21. The van der Waals surface area contributed by atoms with Crippen molar-refractivity contribution in [3.63, 3.8) is 0 Å². The Hall–Kier alpha value is -2.66. The summed E-state index contributed by atoms with van der Waals surface area (Å²) in [5.41, 5.74) is 3.89. The Morgan fingerprint density at radius 2 is 1.85 bits per heavy atom. The SMILES string of the molecule is Cc1ccc(CN2CCCN(C(=O)c3cc4cc(F)ccc4[nH]3)CC2)cc1. The quantitative estimate of drug-likeness (QED) is 0.763. The fraction of sp³-hybridized carbons (Fsp3) is 0.318. The number of hydrogen-bond donors (Lipinski definition) is 1. The van der Waals surface area contributed by atoms with E-state index in [1.54, 1.807) is 12.1 Å². The molecule has 0 radical (unpaired) electrons. The van der Waals surface area contributed by atoms with E-state index in [9.17, 15) is 9.18 Å². The maximum absolute atomic E-state index is 13.4. The van der Waals surface area contributed by atoms with E-state index >= 15 is 0 Å². The number of nitrogens with one attached hydrogen (secondary N) is 1. The van der Waals surface area contributed by atoms with Crippen molar-refractivity contribution < 1.29 is 9.18 Å². The van der Waals surface area contributed by atoms with Crippen molar-refractivity contribution in [1.82, 2.24) is 14.8 Å². The Morgan fingerprint density at radius 3 is 2.67 bits per heavy atom. The van der Waals surface area contributed by atoms with Gasteiger partial charge in [0.05, 0.1) is 0 Å². The third-order valence-electron chi connectivity index (χ3n) is 5.22. The lowest BCUT2D eigenvalue weighted by molar-refractivity contribution is 0.0756. The smallest absolute Gasteiger partial charge is 0.270 e. The van der Waals surface area contributed by atoms with Crippen molar-refractivity contribution in [1.29, 1.82) is 0 Å². The molecule has 1 fully saturated rings. The van der Waals surface area contributed by atoms with Crippen LogP contribution in [-0.2, 0) is 6.54 Å². The van der Waals surface area contributed by atoms with E-state index in [2.05, 4.69) is 41.1 Å². The van der Waals surface area contributed by atoms with E-state index in [0.717, 1.165) is 43.5 Å². The Bertz CT molecular complexity index is 948. The van der Waals surface area contributed by atoms with Gasteiger partial charge in [-0.05, 0) is 43.2 Å². The summed E-state index contributed by atoms with van der Waals surface area (Å²) in [6, 6.07) is 14.9. The summed E-state index contributed by atoms with van der Waals surface area (Å²) >= 11 is 0. The van der Waals surface area contributed by atoms with E-state index in [0.29, 0.717) is 12.2 Å². The number of aromatic nitrogens is 1. The van der Waals surface area contributed by atoms with Crippen LogP contribution in [-0.4, -0.2) is 46.9 Å². The third-order valence-corrected chi connectivity index (χ3v) is 5.22. The average Bonchev–Trinajstić information content (AvgIpc) is 2.94. The number of benzene rings is 2. The molecule has 1 aliphatic rings. The Balaban J connectivity index is 1.42. The first-order valence-corrected chi connectivity index (χ1v) is 9.44. The summed E-state index contributed by atoms with van der Waals surface area (Å²) in [5, 5.41) is 0.731. The van der Waals surface area contributed by atoms with E-state index in [1.807, 2.05) is 4.90 Å². The highest BCUT2D eigenvalue weighted by molar-refractivity contribution is 5.98. The van der Waals surface area contributed by atoms with E-state index in [1.165, 1.54) is 23.3 Å². The summed E-state index contributed by atoms with van der Waals surface area (Å²) in [5.74, 6) is -0.300. The number of H-pyrrole nitrogens is 1. The molecule has 0 spiro atoms. The van der Waals surface area contributed by atoms with Gasteiger partial charge in [-0.2, -0.15) is 0 Å². The summed E-state index contributed by atoms with van der Waals surface area (Å²) in [7, 11) is 0. The molecular weight excluding hydrogens is 341 g/mol. The number of hydrogen-bond acceptors (Lipinski definition) is 2. The zero-order chi connectivity index (χ0) is 18.8. The Morgan fingerprint density at radius 1 is 1.04 bits per heavy atom. The second-order valence-electron chi connectivity index (χ2n) is 7.32.